The number of nitrogens with zero attached hydrogens (tertiary/aromatic N) is 1. The summed E-state index contributed by atoms with van der Waals surface area (Å²) in [7, 11) is 0. The van der Waals surface area contributed by atoms with Gasteiger partial charge >= 0.3 is 5.97 Å². The minimum Gasteiger partial charge on any atom is -0.478 e. The highest BCUT2D eigenvalue weighted by Gasteiger charge is 2.04. The van der Waals surface area contributed by atoms with Gasteiger partial charge in [-0.2, -0.15) is 5.10 Å². The Morgan fingerprint density at radius 1 is 1.07 bits per heavy atom. The molecule has 152 valence electrons. The van der Waals surface area contributed by atoms with Crippen LogP contribution in [0, 0.1) is 0 Å². The molecule has 0 spiro atoms. The van der Waals surface area contributed by atoms with Crippen LogP contribution in [-0.4, -0.2) is 28.6 Å². The maximum Gasteiger partial charge on any atom is 0.328 e. The van der Waals surface area contributed by atoms with E-state index in [0.29, 0.717) is 17.8 Å². The number of carbonyl (C=O) groups is 3. The van der Waals surface area contributed by atoms with Crippen molar-refractivity contribution < 1.29 is 19.5 Å². The van der Waals surface area contributed by atoms with Crippen LogP contribution in [0.1, 0.15) is 64.4 Å². The third kappa shape index (κ3) is 10.3. The topological polar surface area (TPSA) is 108 Å². The predicted molar refractivity (Wildman–Crippen MR) is 110 cm³/mol. The lowest BCUT2D eigenvalue weighted by atomic mass is 10.1. The van der Waals surface area contributed by atoms with Crippen molar-refractivity contribution in [3.8, 4) is 0 Å². The number of rotatable bonds is 12. The summed E-state index contributed by atoms with van der Waals surface area (Å²) >= 11 is 0. The highest BCUT2D eigenvalue weighted by molar-refractivity contribution is 6.04. The summed E-state index contributed by atoms with van der Waals surface area (Å²) in [4.78, 5) is 34.0. The third-order valence-corrected chi connectivity index (χ3v) is 4.03. The van der Waals surface area contributed by atoms with Gasteiger partial charge in [0, 0.05) is 24.3 Å². The van der Waals surface area contributed by atoms with Crippen molar-refractivity contribution in [3.05, 3.63) is 42.0 Å². The Morgan fingerprint density at radius 3 is 2.50 bits per heavy atom. The zero-order valence-electron chi connectivity index (χ0n) is 16.5. The molecule has 0 bridgehead atoms. The Balaban J connectivity index is 2.50. The van der Waals surface area contributed by atoms with Gasteiger partial charge in [0.15, 0.2) is 0 Å². The van der Waals surface area contributed by atoms with Gasteiger partial charge in [0.1, 0.15) is 0 Å². The van der Waals surface area contributed by atoms with Crippen LogP contribution in [0.2, 0.25) is 0 Å². The number of anilines is 1. The molecule has 0 atom stereocenters. The molecule has 0 heterocycles. The van der Waals surface area contributed by atoms with Gasteiger partial charge in [-0.1, -0.05) is 51.2 Å². The molecule has 7 nitrogen and oxygen atoms in total. The lowest BCUT2D eigenvalue weighted by molar-refractivity contribution is -0.131. The van der Waals surface area contributed by atoms with Gasteiger partial charge in [-0.25, -0.2) is 10.2 Å². The Kier molecular flexibility index (Phi) is 10.9. The van der Waals surface area contributed by atoms with E-state index in [1.807, 2.05) is 6.07 Å². The van der Waals surface area contributed by atoms with Crippen molar-refractivity contribution in [1.82, 2.24) is 5.43 Å². The Hall–Kier alpha value is -2.96. The van der Waals surface area contributed by atoms with Crippen molar-refractivity contribution >= 4 is 29.2 Å². The lowest BCUT2D eigenvalue weighted by Gasteiger charge is -2.06. The van der Waals surface area contributed by atoms with Gasteiger partial charge in [-0.15, -0.1) is 0 Å². The smallest absolute Gasteiger partial charge is 0.328 e. The average Bonchev–Trinajstić information content (AvgIpc) is 2.67. The summed E-state index contributed by atoms with van der Waals surface area (Å²) in [6.07, 6.45) is 8.89. The van der Waals surface area contributed by atoms with E-state index < -0.39 is 11.9 Å². The quantitative estimate of drug-likeness (QED) is 0.219. The summed E-state index contributed by atoms with van der Waals surface area (Å²) in [5.41, 5.74) is 4.41. The molecular formula is C21H29N3O4. The molecule has 0 aliphatic rings. The van der Waals surface area contributed by atoms with E-state index in [9.17, 15) is 14.4 Å². The molecule has 0 aliphatic heterocycles. The summed E-state index contributed by atoms with van der Waals surface area (Å²) < 4.78 is 0. The molecule has 0 aliphatic carbocycles. The monoisotopic (exact) mass is 387 g/mol. The first kappa shape index (κ1) is 23.1. The summed E-state index contributed by atoms with van der Waals surface area (Å²) in [5.74, 6) is -1.84. The lowest BCUT2D eigenvalue weighted by Crippen LogP contribution is -2.19. The molecule has 0 saturated heterocycles. The Labute approximate surface area is 165 Å². The maximum atomic E-state index is 11.9. The molecule has 0 radical (unpaired) electrons. The summed E-state index contributed by atoms with van der Waals surface area (Å²) in [6.45, 7) is 3.93. The van der Waals surface area contributed by atoms with E-state index in [1.54, 1.807) is 25.1 Å². The summed E-state index contributed by atoms with van der Waals surface area (Å²) in [5, 5.41) is 15.2. The largest absolute Gasteiger partial charge is 0.478 e. The molecule has 0 fully saturated rings. The van der Waals surface area contributed by atoms with Crippen molar-refractivity contribution in [2.24, 2.45) is 5.10 Å². The standard InChI is InChI=1S/C21H29N3O4/c1-3-4-5-6-7-8-12-20(26)24-23-16(2)17-10-9-11-18(15-17)22-19(25)13-14-21(27)28/h9-11,13-15H,3-8,12H2,1-2H3,(H,22,25)(H,24,26)(H,27,28). The minimum absolute atomic E-state index is 0.113. The second-order valence-electron chi connectivity index (χ2n) is 6.49. The fourth-order valence-electron chi connectivity index (χ4n) is 2.49. The summed E-state index contributed by atoms with van der Waals surface area (Å²) in [6, 6.07) is 6.93. The average molecular weight is 387 g/mol. The van der Waals surface area contributed by atoms with Crippen molar-refractivity contribution in [3.63, 3.8) is 0 Å². The third-order valence-electron chi connectivity index (χ3n) is 4.03. The zero-order valence-corrected chi connectivity index (χ0v) is 16.5. The fourth-order valence-corrected chi connectivity index (χ4v) is 2.49. The van der Waals surface area contributed by atoms with Crippen molar-refractivity contribution in [2.75, 3.05) is 5.32 Å². The predicted octanol–water partition coefficient (Wildman–Crippen LogP) is 3.86. The highest BCUT2D eigenvalue weighted by atomic mass is 16.4. The van der Waals surface area contributed by atoms with E-state index in [4.69, 9.17) is 5.11 Å². The van der Waals surface area contributed by atoms with Crippen LogP contribution in [0.25, 0.3) is 0 Å². The number of carboxylic acids is 1. The van der Waals surface area contributed by atoms with E-state index in [-0.39, 0.29) is 5.91 Å². The molecule has 28 heavy (non-hydrogen) atoms. The second kappa shape index (κ2) is 13.2. The Bertz CT molecular complexity index is 726. The van der Waals surface area contributed by atoms with Crippen molar-refractivity contribution in [2.45, 2.75) is 58.8 Å². The normalized spacial score (nSPS) is 11.4. The first-order chi connectivity index (χ1) is 13.4. The minimum atomic E-state index is -1.19. The van der Waals surface area contributed by atoms with Gasteiger partial charge in [-0.05, 0) is 31.0 Å². The number of hydrazone groups is 1. The molecular weight excluding hydrogens is 358 g/mol. The number of amides is 2. The SMILES string of the molecule is CCCCCCCCC(=O)NN=C(C)c1cccc(NC(=O)C=CC(=O)O)c1. The Morgan fingerprint density at radius 2 is 1.79 bits per heavy atom. The second-order valence-corrected chi connectivity index (χ2v) is 6.49. The van der Waals surface area contributed by atoms with Gasteiger partial charge in [-0.3, -0.25) is 9.59 Å². The number of unbranched alkanes of at least 4 members (excludes halogenated alkanes) is 5. The van der Waals surface area contributed by atoms with Crippen LogP contribution < -0.4 is 10.7 Å². The molecule has 0 aromatic heterocycles. The first-order valence-corrected chi connectivity index (χ1v) is 9.58. The number of hydrogen-bond acceptors (Lipinski definition) is 4. The van der Waals surface area contributed by atoms with Crippen LogP contribution >= 0.6 is 0 Å². The van der Waals surface area contributed by atoms with E-state index in [2.05, 4.69) is 22.8 Å². The number of carbonyl (C=O) groups excluding carboxylic acids is 2. The number of aliphatic carboxylic acids is 1. The highest BCUT2D eigenvalue weighted by Crippen LogP contribution is 2.12. The first-order valence-electron chi connectivity index (χ1n) is 9.58. The van der Waals surface area contributed by atoms with E-state index >= 15 is 0 Å². The van der Waals surface area contributed by atoms with Gasteiger partial charge < -0.3 is 10.4 Å². The van der Waals surface area contributed by atoms with E-state index in [0.717, 1.165) is 37.0 Å². The van der Waals surface area contributed by atoms with E-state index in [1.165, 1.54) is 19.3 Å². The van der Waals surface area contributed by atoms with Gasteiger partial charge in [0.25, 0.3) is 0 Å². The molecule has 0 unspecified atom stereocenters. The molecule has 7 heteroatoms. The molecule has 3 N–H and O–H groups in total. The van der Waals surface area contributed by atoms with Crippen LogP contribution in [-0.2, 0) is 14.4 Å². The van der Waals surface area contributed by atoms with Crippen LogP contribution in [0.4, 0.5) is 5.69 Å². The molecule has 1 aromatic carbocycles. The molecule has 0 saturated carbocycles. The van der Waals surface area contributed by atoms with Crippen LogP contribution in [0.3, 0.4) is 0 Å². The molecule has 1 rings (SSSR count). The zero-order chi connectivity index (χ0) is 20.8. The van der Waals surface area contributed by atoms with Crippen molar-refractivity contribution in [1.29, 1.82) is 0 Å². The number of carboxylic acid groups (broad SMARTS) is 1. The fraction of sp³-hybridized carbons (Fsp3) is 0.429. The molecule has 2 amide bonds. The van der Waals surface area contributed by atoms with Crippen LogP contribution in [0.5, 0.6) is 0 Å². The molecule has 1 aromatic rings. The van der Waals surface area contributed by atoms with Crippen LogP contribution in [0.15, 0.2) is 41.5 Å². The number of hydrogen-bond donors (Lipinski definition) is 3. The number of benzene rings is 1. The maximum absolute atomic E-state index is 11.9. The van der Waals surface area contributed by atoms with Gasteiger partial charge in [0.05, 0.1) is 5.71 Å². The number of nitrogens with one attached hydrogen (secondary N) is 2. The van der Waals surface area contributed by atoms with Gasteiger partial charge in [0.2, 0.25) is 11.8 Å².